The largest absolute Gasteiger partial charge is 0.454 e. The van der Waals surface area contributed by atoms with Gasteiger partial charge in [-0.1, -0.05) is 13.0 Å². The summed E-state index contributed by atoms with van der Waals surface area (Å²) in [5, 5.41) is 11.3. The summed E-state index contributed by atoms with van der Waals surface area (Å²) in [4.78, 5) is 13.3. The zero-order valence-corrected chi connectivity index (χ0v) is 12.3. The molecule has 0 fully saturated rings. The molecule has 5 heteroatoms. The molecule has 2 heterocycles. The van der Waals surface area contributed by atoms with E-state index in [1.54, 1.807) is 18.2 Å². The van der Waals surface area contributed by atoms with Gasteiger partial charge in [0.1, 0.15) is 5.92 Å². The maximum absolute atomic E-state index is 12.6. The summed E-state index contributed by atoms with van der Waals surface area (Å²) in [6.45, 7) is 2.18. The molecule has 106 valence electrons. The number of fused-ring (bicyclic) bond motifs is 1. The number of hydrogen-bond donors (Lipinski definition) is 0. The van der Waals surface area contributed by atoms with Gasteiger partial charge in [-0.15, -0.1) is 11.3 Å². The van der Waals surface area contributed by atoms with Gasteiger partial charge in [-0.25, -0.2) is 0 Å². The highest BCUT2D eigenvalue weighted by Crippen LogP contribution is 2.36. The molecule has 0 bridgehead atoms. The molecule has 0 saturated heterocycles. The van der Waals surface area contributed by atoms with Crippen LogP contribution < -0.4 is 9.47 Å². The predicted octanol–water partition coefficient (Wildman–Crippen LogP) is 3.53. The molecular weight excluding hydrogens is 286 g/mol. The number of nitriles is 1. The Morgan fingerprint density at radius 1 is 1.38 bits per heavy atom. The summed E-state index contributed by atoms with van der Waals surface area (Å²) < 4.78 is 10.6. The van der Waals surface area contributed by atoms with Crippen molar-refractivity contribution in [3.8, 4) is 17.6 Å². The fraction of sp³-hybridized carbons (Fsp3) is 0.250. The van der Waals surface area contributed by atoms with Crippen LogP contribution in [0.5, 0.6) is 11.5 Å². The van der Waals surface area contributed by atoms with Crippen LogP contribution in [-0.2, 0) is 6.42 Å². The van der Waals surface area contributed by atoms with Crippen LogP contribution in [0, 0.1) is 11.3 Å². The molecule has 1 aliphatic rings. The summed E-state index contributed by atoms with van der Waals surface area (Å²) in [6, 6.07) is 9.25. The van der Waals surface area contributed by atoms with E-state index in [0.29, 0.717) is 21.9 Å². The lowest BCUT2D eigenvalue weighted by atomic mass is 9.93. The number of carbonyl (C=O) groups excluding carboxylic acids is 1. The van der Waals surface area contributed by atoms with Crippen molar-refractivity contribution >= 4 is 17.1 Å². The van der Waals surface area contributed by atoms with Crippen LogP contribution in [0.4, 0.5) is 0 Å². The molecule has 0 aliphatic carbocycles. The number of hydrogen-bond acceptors (Lipinski definition) is 5. The first-order valence-electron chi connectivity index (χ1n) is 6.64. The van der Waals surface area contributed by atoms with Gasteiger partial charge in [0.25, 0.3) is 0 Å². The fourth-order valence-corrected chi connectivity index (χ4v) is 3.30. The first kappa shape index (κ1) is 13.7. The standard InChI is InChI=1S/C16H13NO3S/c1-2-10-5-6-21-16(10)15(18)12(8-17)11-3-4-13-14(7-11)20-9-19-13/h3-7,12H,2,9H2,1H3. The minimum Gasteiger partial charge on any atom is -0.454 e. The van der Waals surface area contributed by atoms with Gasteiger partial charge in [0.2, 0.25) is 6.79 Å². The van der Waals surface area contributed by atoms with Crippen LogP contribution in [0.2, 0.25) is 0 Å². The molecule has 0 radical (unpaired) electrons. The molecule has 1 atom stereocenters. The molecule has 1 aliphatic heterocycles. The van der Waals surface area contributed by atoms with Crippen molar-refractivity contribution in [3.05, 3.63) is 45.6 Å². The van der Waals surface area contributed by atoms with Crippen molar-refractivity contribution in [2.75, 3.05) is 6.79 Å². The van der Waals surface area contributed by atoms with Gasteiger partial charge in [0.15, 0.2) is 17.3 Å². The molecule has 0 N–H and O–H groups in total. The Morgan fingerprint density at radius 3 is 2.95 bits per heavy atom. The molecule has 1 aromatic carbocycles. The number of thiophene rings is 1. The minimum atomic E-state index is -0.816. The van der Waals surface area contributed by atoms with E-state index in [0.717, 1.165) is 12.0 Å². The fourth-order valence-electron chi connectivity index (χ4n) is 2.34. The Morgan fingerprint density at radius 2 is 2.19 bits per heavy atom. The highest BCUT2D eigenvalue weighted by atomic mass is 32.1. The lowest BCUT2D eigenvalue weighted by Gasteiger charge is -2.09. The smallest absolute Gasteiger partial charge is 0.231 e. The third-order valence-corrected chi connectivity index (χ3v) is 4.44. The zero-order valence-electron chi connectivity index (χ0n) is 11.5. The quantitative estimate of drug-likeness (QED) is 0.810. The molecule has 0 amide bonds. The van der Waals surface area contributed by atoms with E-state index >= 15 is 0 Å². The third-order valence-electron chi connectivity index (χ3n) is 3.47. The SMILES string of the molecule is CCc1ccsc1C(=O)C(C#N)c1ccc2c(c1)OCO2. The number of benzene rings is 1. The number of ketones is 1. The van der Waals surface area contributed by atoms with Gasteiger partial charge in [-0.2, -0.15) is 5.26 Å². The highest BCUT2D eigenvalue weighted by molar-refractivity contribution is 7.12. The Labute approximate surface area is 126 Å². The second-order valence-electron chi connectivity index (χ2n) is 4.67. The van der Waals surface area contributed by atoms with Gasteiger partial charge in [0.05, 0.1) is 10.9 Å². The van der Waals surface area contributed by atoms with Crippen LogP contribution in [0.3, 0.4) is 0 Å². The van der Waals surface area contributed by atoms with Crippen LogP contribution in [0.15, 0.2) is 29.6 Å². The van der Waals surface area contributed by atoms with E-state index in [-0.39, 0.29) is 12.6 Å². The average Bonchev–Trinajstić information content (AvgIpc) is 3.15. The Balaban J connectivity index is 1.95. The van der Waals surface area contributed by atoms with E-state index in [4.69, 9.17) is 9.47 Å². The number of Topliss-reactive ketones (excluding diaryl/α,β-unsaturated/α-hetero) is 1. The molecule has 21 heavy (non-hydrogen) atoms. The van der Waals surface area contributed by atoms with Gasteiger partial charge >= 0.3 is 0 Å². The number of ether oxygens (including phenoxy) is 2. The maximum Gasteiger partial charge on any atom is 0.231 e. The van der Waals surface area contributed by atoms with Crippen LogP contribution in [-0.4, -0.2) is 12.6 Å². The molecular formula is C16H13NO3S. The Bertz CT molecular complexity index is 729. The van der Waals surface area contributed by atoms with E-state index in [1.165, 1.54) is 11.3 Å². The minimum absolute atomic E-state index is 0.150. The number of aryl methyl sites for hydroxylation is 1. The predicted molar refractivity (Wildman–Crippen MR) is 78.9 cm³/mol. The topological polar surface area (TPSA) is 59.3 Å². The lowest BCUT2D eigenvalue weighted by molar-refractivity contribution is 0.0982. The van der Waals surface area contributed by atoms with E-state index in [1.807, 2.05) is 18.4 Å². The third kappa shape index (κ3) is 2.39. The Kier molecular flexibility index (Phi) is 3.63. The summed E-state index contributed by atoms with van der Waals surface area (Å²) in [6.07, 6.45) is 0.782. The van der Waals surface area contributed by atoms with Crippen molar-refractivity contribution < 1.29 is 14.3 Å². The lowest BCUT2D eigenvalue weighted by Crippen LogP contribution is -2.11. The maximum atomic E-state index is 12.6. The van der Waals surface area contributed by atoms with Crippen LogP contribution >= 0.6 is 11.3 Å². The van der Waals surface area contributed by atoms with Crippen molar-refractivity contribution in [2.24, 2.45) is 0 Å². The second kappa shape index (κ2) is 5.58. The second-order valence-corrected chi connectivity index (χ2v) is 5.58. The number of nitrogens with zero attached hydrogens (tertiary/aromatic N) is 1. The molecule has 1 aromatic heterocycles. The first-order chi connectivity index (χ1) is 10.2. The molecule has 1 unspecified atom stereocenters. The summed E-state index contributed by atoms with van der Waals surface area (Å²) in [5.41, 5.74) is 1.63. The van der Waals surface area contributed by atoms with Crippen molar-refractivity contribution in [1.29, 1.82) is 5.26 Å². The van der Waals surface area contributed by atoms with Gasteiger partial charge in [0, 0.05) is 0 Å². The normalized spacial score (nSPS) is 13.7. The van der Waals surface area contributed by atoms with E-state index in [9.17, 15) is 10.1 Å². The summed E-state index contributed by atoms with van der Waals surface area (Å²) in [5.74, 6) is 0.266. The van der Waals surface area contributed by atoms with Crippen LogP contribution in [0.25, 0.3) is 0 Å². The van der Waals surface area contributed by atoms with E-state index in [2.05, 4.69) is 6.07 Å². The number of carbonyl (C=O) groups is 1. The zero-order chi connectivity index (χ0) is 14.8. The summed E-state index contributed by atoms with van der Waals surface area (Å²) in [7, 11) is 0. The molecule has 3 rings (SSSR count). The molecule has 0 spiro atoms. The van der Waals surface area contributed by atoms with Crippen molar-refractivity contribution in [3.63, 3.8) is 0 Å². The van der Waals surface area contributed by atoms with Gasteiger partial charge in [-0.05, 0) is 41.1 Å². The molecule has 4 nitrogen and oxygen atoms in total. The van der Waals surface area contributed by atoms with Crippen molar-refractivity contribution in [2.45, 2.75) is 19.3 Å². The summed E-state index contributed by atoms with van der Waals surface area (Å²) >= 11 is 1.39. The average molecular weight is 299 g/mol. The number of rotatable bonds is 4. The molecule has 2 aromatic rings. The highest BCUT2D eigenvalue weighted by Gasteiger charge is 2.26. The molecule has 0 saturated carbocycles. The van der Waals surface area contributed by atoms with Crippen LogP contribution in [0.1, 0.15) is 33.6 Å². The van der Waals surface area contributed by atoms with Gasteiger partial charge < -0.3 is 9.47 Å². The monoisotopic (exact) mass is 299 g/mol. The van der Waals surface area contributed by atoms with E-state index < -0.39 is 5.92 Å². The van der Waals surface area contributed by atoms with Crippen molar-refractivity contribution in [1.82, 2.24) is 0 Å². The van der Waals surface area contributed by atoms with Gasteiger partial charge in [-0.3, -0.25) is 4.79 Å². The Hall–Kier alpha value is -2.32. The first-order valence-corrected chi connectivity index (χ1v) is 7.52.